The number of likely N-dealkylation sites (N-methyl/N-ethyl adjacent to an activating group) is 1. The van der Waals surface area contributed by atoms with Gasteiger partial charge in [0.25, 0.3) is 0 Å². The molecular formula is C25H32N6O3S2. The third-order valence-electron chi connectivity index (χ3n) is 6.39. The zero-order chi connectivity index (χ0) is 24.9. The second-order valence-corrected chi connectivity index (χ2v) is 10.5. The molecule has 2 aromatic heterocycles. The van der Waals surface area contributed by atoms with Crippen LogP contribution in [0.3, 0.4) is 0 Å². The number of benzene rings is 1. The summed E-state index contributed by atoms with van der Waals surface area (Å²) in [5, 5.41) is 9.85. The Balaban J connectivity index is 1.21. The smallest absolute Gasteiger partial charge is 0.238 e. The minimum Gasteiger partial charge on any atom is -0.378 e. The van der Waals surface area contributed by atoms with Crippen LogP contribution in [0.2, 0.25) is 0 Å². The first-order chi connectivity index (χ1) is 17.6. The maximum Gasteiger partial charge on any atom is 0.238 e. The van der Waals surface area contributed by atoms with Gasteiger partial charge in [-0.3, -0.25) is 14.3 Å². The van der Waals surface area contributed by atoms with Crippen LogP contribution in [0.25, 0.3) is 10.7 Å². The molecule has 5 rings (SSSR count). The lowest BCUT2D eigenvalue weighted by atomic mass is 10.2. The molecule has 2 fully saturated rings. The largest absolute Gasteiger partial charge is 0.378 e. The molecular weight excluding hydrogens is 496 g/mol. The first kappa shape index (κ1) is 25.1. The lowest BCUT2D eigenvalue weighted by Gasteiger charge is -2.28. The number of thiophene rings is 1. The first-order valence-electron chi connectivity index (χ1n) is 12.3. The van der Waals surface area contributed by atoms with Gasteiger partial charge in [0, 0.05) is 31.1 Å². The monoisotopic (exact) mass is 528 g/mol. The number of nitrogens with one attached hydrogen (secondary N) is 1. The molecule has 2 saturated heterocycles. The summed E-state index contributed by atoms with van der Waals surface area (Å²) in [5.74, 6) is 0.768. The molecule has 4 heterocycles. The number of carbonyl (C=O) groups is 1. The maximum atomic E-state index is 12.7. The van der Waals surface area contributed by atoms with Gasteiger partial charge < -0.3 is 19.7 Å². The number of hydrogen-bond acceptors (Lipinski definition) is 8. The number of morpholine rings is 1. The highest BCUT2D eigenvalue weighted by molar-refractivity contribution is 7.71. The molecule has 3 aromatic rings. The van der Waals surface area contributed by atoms with E-state index >= 15 is 0 Å². The number of rotatable bonds is 9. The van der Waals surface area contributed by atoms with Crippen LogP contribution in [-0.2, 0) is 27.5 Å². The van der Waals surface area contributed by atoms with Crippen LogP contribution in [-0.4, -0.2) is 77.8 Å². The van der Waals surface area contributed by atoms with Crippen molar-refractivity contribution in [2.75, 3.05) is 56.7 Å². The summed E-state index contributed by atoms with van der Waals surface area (Å²) in [6.45, 7) is 5.39. The van der Waals surface area contributed by atoms with Crippen molar-refractivity contribution in [1.29, 1.82) is 0 Å². The number of hydrogen-bond donors (Lipinski definition) is 1. The highest BCUT2D eigenvalue weighted by Crippen LogP contribution is 2.26. The summed E-state index contributed by atoms with van der Waals surface area (Å²) in [6.07, 6.45) is 2.27. The summed E-state index contributed by atoms with van der Waals surface area (Å²) in [5.41, 5.74) is 1.92. The third kappa shape index (κ3) is 6.04. The summed E-state index contributed by atoms with van der Waals surface area (Å²) in [4.78, 5) is 18.0. The zero-order valence-electron chi connectivity index (χ0n) is 20.5. The van der Waals surface area contributed by atoms with Gasteiger partial charge in [-0.05, 0) is 67.8 Å². The van der Waals surface area contributed by atoms with Crippen LogP contribution < -0.4 is 10.2 Å². The van der Waals surface area contributed by atoms with Crippen molar-refractivity contribution in [1.82, 2.24) is 19.2 Å². The standard InChI is InChI=1S/C25H32N6O3S2/c1-28(17-23(32)26-19-6-8-20(9-7-19)29-10-13-33-14-11-29)18-31-25(35)30(16-21-4-2-12-34-21)24(27-31)22-5-3-15-36-22/h3,5-9,15,21H,2,4,10-14,16-18H2,1H3,(H,26,32). The Labute approximate surface area is 220 Å². The van der Waals surface area contributed by atoms with Crippen LogP contribution in [0.5, 0.6) is 0 Å². The van der Waals surface area contributed by atoms with Crippen molar-refractivity contribution in [3.05, 3.63) is 46.5 Å². The second-order valence-electron chi connectivity index (χ2n) is 9.18. The van der Waals surface area contributed by atoms with Gasteiger partial charge in [0.15, 0.2) is 10.6 Å². The van der Waals surface area contributed by atoms with E-state index in [1.165, 1.54) is 0 Å². The van der Waals surface area contributed by atoms with Gasteiger partial charge >= 0.3 is 0 Å². The van der Waals surface area contributed by atoms with Gasteiger partial charge in [-0.25, -0.2) is 4.68 Å². The van der Waals surface area contributed by atoms with E-state index in [0.29, 0.717) is 18.0 Å². The highest BCUT2D eigenvalue weighted by Gasteiger charge is 2.22. The van der Waals surface area contributed by atoms with Gasteiger partial charge in [-0.15, -0.1) is 16.4 Å². The number of carbonyl (C=O) groups excluding carboxylic acids is 1. The SMILES string of the molecule is CN(CC(=O)Nc1ccc(N2CCOCC2)cc1)Cn1nc(-c2cccs2)n(CC2CCCO2)c1=S. The quantitative estimate of drug-likeness (QED) is 0.425. The molecule has 1 unspecified atom stereocenters. The molecule has 9 nitrogen and oxygen atoms in total. The first-order valence-corrected chi connectivity index (χ1v) is 13.6. The molecule has 2 aliphatic heterocycles. The molecule has 2 aliphatic rings. The van der Waals surface area contributed by atoms with E-state index in [1.54, 1.807) is 16.0 Å². The van der Waals surface area contributed by atoms with Gasteiger partial charge in [0.1, 0.15) is 0 Å². The van der Waals surface area contributed by atoms with Crippen molar-refractivity contribution in [3.8, 4) is 10.7 Å². The summed E-state index contributed by atoms with van der Waals surface area (Å²) >= 11 is 7.44. The molecule has 1 amide bonds. The molecule has 0 aliphatic carbocycles. The van der Waals surface area contributed by atoms with E-state index in [4.69, 9.17) is 26.8 Å². The third-order valence-corrected chi connectivity index (χ3v) is 7.69. The van der Waals surface area contributed by atoms with Crippen LogP contribution in [0, 0.1) is 4.77 Å². The van der Waals surface area contributed by atoms with Crippen molar-refractivity contribution in [3.63, 3.8) is 0 Å². The van der Waals surface area contributed by atoms with Crippen LogP contribution in [0.1, 0.15) is 12.8 Å². The van der Waals surface area contributed by atoms with Gasteiger partial charge in [0.2, 0.25) is 5.91 Å². The highest BCUT2D eigenvalue weighted by atomic mass is 32.1. The molecule has 192 valence electrons. The number of anilines is 2. The van der Waals surface area contributed by atoms with E-state index in [0.717, 1.165) is 67.8 Å². The Kier molecular flexibility index (Phi) is 8.12. The van der Waals surface area contributed by atoms with Crippen molar-refractivity contribution in [2.45, 2.75) is 32.2 Å². The fourth-order valence-corrected chi connectivity index (χ4v) is 5.56. The van der Waals surface area contributed by atoms with E-state index in [9.17, 15) is 4.79 Å². The summed E-state index contributed by atoms with van der Waals surface area (Å²) < 4.78 is 15.8. The molecule has 0 bridgehead atoms. The predicted octanol–water partition coefficient (Wildman–Crippen LogP) is 3.69. The molecule has 1 atom stereocenters. The second kappa shape index (κ2) is 11.7. The lowest BCUT2D eigenvalue weighted by molar-refractivity contribution is -0.117. The Morgan fingerprint density at radius 3 is 2.72 bits per heavy atom. The van der Waals surface area contributed by atoms with Gasteiger partial charge in [-0.1, -0.05) is 6.07 Å². The molecule has 36 heavy (non-hydrogen) atoms. The predicted molar refractivity (Wildman–Crippen MR) is 144 cm³/mol. The number of nitrogens with zero attached hydrogens (tertiary/aromatic N) is 5. The minimum absolute atomic E-state index is 0.0830. The molecule has 11 heteroatoms. The number of aromatic nitrogens is 3. The average Bonchev–Trinajstić information content (AvgIpc) is 3.65. The molecule has 1 N–H and O–H groups in total. The molecule has 0 spiro atoms. The Hall–Kier alpha value is -2.57. The zero-order valence-corrected chi connectivity index (χ0v) is 22.1. The Bertz CT molecular complexity index is 1200. The number of ether oxygens (including phenoxy) is 2. The van der Waals surface area contributed by atoms with Crippen molar-refractivity contribution < 1.29 is 14.3 Å². The maximum absolute atomic E-state index is 12.7. The van der Waals surface area contributed by atoms with E-state index < -0.39 is 0 Å². The fourth-order valence-electron chi connectivity index (χ4n) is 4.58. The van der Waals surface area contributed by atoms with Crippen LogP contribution in [0.4, 0.5) is 11.4 Å². The molecule has 0 saturated carbocycles. The van der Waals surface area contributed by atoms with Crippen LogP contribution >= 0.6 is 23.6 Å². The average molecular weight is 529 g/mol. The van der Waals surface area contributed by atoms with Gasteiger partial charge in [-0.2, -0.15) is 0 Å². The van der Waals surface area contributed by atoms with Gasteiger partial charge in [0.05, 0.1) is 44.0 Å². The van der Waals surface area contributed by atoms with E-state index in [-0.39, 0.29) is 18.6 Å². The summed E-state index contributed by atoms with van der Waals surface area (Å²) in [6, 6.07) is 12.0. The normalized spacial score (nSPS) is 18.2. The fraction of sp³-hybridized carbons (Fsp3) is 0.480. The van der Waals surface area contributed by atoms with E-state index in [1.807, 2.05) is 47.7 Å². The Morgan fingerprint density at radius 2 is 2.03 bits per heavy atom. The Morgan fingerprint density at radius 1 is 1.22 bits per heavy atom. The van der Waals surface area contributed by atoms with Crippen LogP contribution in [0.15, 0.2) is 41.8 Å². The molecule has 0 radical (unpaired) electrons. The lowest BCUT2D eigenvalue weighted by Crippen LogP contribution is -2.36. The molecule has 1 aromatic carbocycles. The summed E-state index contributed by atoms with van der Waals surface area (Å²) in [7, 11) is 1.90. The minimum atomic E-state index is -0.0830. The number of amides is 1. The van der Waals surface area contributed by atoms with E-state index in [2.05, 4.69) is 20.9 Å². The van der Waals surface area contributed by atoms with Crippen molar-refractivity contribution in [2.24, 2.45) is 0 Å². The van der Waals surface area contributed by atoms with Crippen molar-refractivity contribution >= 4 is 40.8 Å². The topological polar surface area (TPSA) is 76.8 Å².